The van der Waals surface area contributed by atoms with Crippen molar-refractivity contribution in [2.45, 2.75) is 20.3 Å². The molecule has 0 radical (unpaired) electrons. The number of hydrogen-bond donors (Lipinski definition) is 1. The zero-order valence-corrected chi connectivity index (χ0v) is 13.7. The molecule has 0 saturated carbocycles. The SMILES string of the molecule is CCOC(=O)c1sc2ncnc(N3CCCNCC3)c2c1C. The lowest BCUT2D eigenvalue weighted by molar-refractivity contribution is 0.0531. The van der Waals surface area contributed by atoms with E-state index < -0.39 is 0 Å². The molecule has 7 heteroatoms. The molecule has 0 aliphatic carbocycles. The van der Waals surface area contributed by atoms with E-state index in [0.717, 1.165) is 54.2 Å². The Balaban J connectivity index is 2.05. The summed E-state index contributed by atoms with van der Waals surface area (Å²) in [6.45, 7) is 7.99. The summed E-state index contributed by atoms with van der Waals surface area (Å²) in [6, 6.07) is 0. The first-order chi connectivity index (χ1) is 10.7. The Morgan fingerprint density at radius 1 is 1.41 bits per heavy atom. The summed E-state index contributed by atoms with van der Waals surface area (Å²) >= 11 is 1.39. The van der Waals surface area contributed by atoms with E-state index in [9.17, 15) is 4.79 Å². The van der Waals surface area contributed by atoms with Gasteiger partial charge in [0.2, 0.25) is 0 Å². The van der Waals surface area contributed by atoms with Crippen molar-refractivity contribution in [2.24, 2.45) is 0 Å². The molecule has 0 unspecified atom stereocenters. The van der Waals surface area contributed by atoms with Crippen molar-refractivity contribution in [1.29, 1.82) is 0 Å². The van der Waals surface area contributed by atoms with Gasteiger partial charge >= 0.3 is 5.97 Å². The summed E-state index contributed by atoms with van der Waals surface area (Å²) in [5.74, 6) is 0.657. The van der Waals surface area contributed by atoms with Crippen LogP contribution < -0.4 is 10.2 Å². The lowest BCUT2D eigenvalue weighted by atomic mass is 10.2. The molecule has 0 amide bonds. The van der Waals surface area contributed by atoms with Crippen LogP contribution in [-0.4, -0.2) is 48.7 Å². The number of hydrogen-bond acceptors (Lipinski definition) is 7. The van der Waals surface area contributed by atoms with Gasteiger partial charge in [0, 0.05) is 19.6 Å². The Morgan fingerprint density at radius 3 is 3.09 bits per heavy atom. The van der Waals surface area contributed by atoms with Crippen molar-refractivity contribution in [3.8, 4) is 0 Å². The number of thiophene rings is 1. The van der Waals surface area contributed by atoms with Crippen LogP contribution in [0.5, 0.6) is 0 Å². The molecule has 0 aromatic carbocycles. The van der Waals surface area contributed by atoms with E-state index in [2.05, 4.69) is 20.2 Å². The molecule has 0 atom stereocenters. The van der Waals surface area contributed by atoms with E-state index in [1.807, 2.05) is 13.8 Å². The predicted octanol–water partition coefficient (Wildman–Crippen LogP) is 1.98. The lowest BCUT2D eigenvalue weighted by Crippen LogP contribution is -2.28. The smallest absolute Gasteiger partial charge is 0.348 e. The third-order valence-corrected chi connectivity index (χ3v) is 4.99. The molecule has 118 valence electrons. The van der Waals surface area contributed by atoms with E-state index in [4.69, 9.17) is 4.74 Å². The molecule has 1 saturated heterocycles. The fourth-order valence-corrected chi connectivity index (χ4v) is 3.78. The monoisotopic (exact) mass is 320 g/mol. The van der Waals surface area contributed by atoms with Crippen molar-refractivity contribution in [2.75, 3.05) is 37.7 Å². The first-order valence-corrected chi connectivity index (χ1v) is 8.41. The Labute approximate surface area is 133 Å². The molecule has 2 aromatic rings. The molecular weight excluding hydrogens is 300 g/mol. The molecule has 3 heterocycles. The van der Waals surface area contributed by atoms with Crippen LogP contribution in [0.1, 0.15) is 28.6 Å². The second-order valence-electron chi connectivity index (χ2n) is 5.24. The summed E-state index contributed by atoms with van der Waals surface area (Å²) in [5, 5.41) is 4.38. The Bertz CT molecular complexity index is 677. The number of anilines is 1. The van der Waals surface area contributed by atoms with Gasteiger partial charge in [0.1, 0.15) is 21.9 Å². The zero-order valence-electron chi connectivity index (χ0n) is 12.9. The van der Waals surface area contributed by atoms with Crippen molar-refractivity contribution in [3.63, 3.8) is 0 Å². The maximum atomic E-state index is 12.1. The molecule has 6 nitrogen and oxygen atoms in total. The number of nitrogens with zero attached hydrogens (tertiary/aromatic N) is 3. The van der Waals surface area contributed by atoms with E-state index in [1.54, 1.807) is 6.33 Å². The van der Waals surface area contributed by atoms with Crippen molar-refractivity contribution in [1.82, 2.24) is 15.3 Å². The van der Waals surface area contributed by atoms with Crippen LogP contribution in [0.2, 0.25) is 0 Å². The highest BCUT2D eigenvalue weighted by Gasteiger charge is 2.22. The van der Waals surface area contributed by atoms with Crippen LogP contribution in [0.15, 0.2) is 6.33 Å². The van der Waals surface area contributed by atoms with Gasteiger partial charge < -0.3 is 15.0 Å². The van der Waals surface area contributed by atoms with Crippen LogP contribution in [0.4, 0.5) is 5.82 Å². The van der Waals surface area contributed by atoms with Gasteiger partial charge in [-0.25, -0.2) is 14.8 Å². The number of carbonyl (C=O) groups excluding carboxylic acids is 1. The summed E-state index contributed by atoms with van der Waals surface area (Å²) in [6.07, 6.45) is 2.67. The first-order valence-electron chi connectivity index (χ1n) is 7.59. The van der Waals surface area contributed by atoms with Gasteiger partial charge in [-0.3, -0.25) is 0 Å². The van der Waals surface area contributed by atoms with Crippen LogP contribution in [0.3, 0.4) is 0 Å². The molecule has 1 aliphatic heterocycles. The van der Waals surface area contributed by atoms with E-state index in [1.165, 1.54) is 11.3 Å². The number of ether oxygens (including phenoxy) is 1. The first kappa shape index (κ1) is 15.2. The highest BCUT2D eigenvalue weighted by molar-refractivity contribution is 7.20. The van der Waals surface area contributed by atoms with Crippen molar-refractivity contribution < 1.29 is 9.53 Å². The van der Waals surface area contributed by atoms with Crippen LogP contribution >= 0.6 is 11.3 Å². The summed E-state index contributed by atoms with van der Waals surface area (Å²) in [7, 11) is 0. The standard InChI is InChI=1S/C15H20N4O2S/c1-3-21-15(20)12-10(2)11-13(17-9-18-14(11)22-12)19-7-4-5-16-6-8-19/h9,16H,3-8H2,1-2H3. The second kappa shape index (κ2) is 6.58. The van der Waals surface area contributed by atoms with Gasteiger partial charge in [-0.05, 0) is 32.4 Å². The molecule has 0 bridgehead atoms. The number of fused-ring (bicyclic) bond motifs is 1. The van der Waals surface area contributed by atoms with Gasteiger partial charge in [0.15, 0.2) is 0 Å². The Hall–Kier alpha value is -1.73. The maximum Gasteiger partial charge on any atom is 0.348 e. The van der Waals surface area contributed by atoms with Gasteiger partial charge in [0.25, 0.3) is 0 Å². The number of nitrogens with one attached hydrogen (secondary N) is 1. The van der Waals surface area contributed by atoms with Crippen LogP contribution in [0.25, 0.3) is 10.2 Å². The number of rotatable bonds is 3. The minimum absolute atomic E-state index is 0.272. The quantitative estimate of drug-likeness (QED) is 0.872. The molecule has 3 rings (SSSR count). The number of carbonyl (C=O) groups is 1. The topological polar surface area (TPSA) is 67.3 Å². The fraction of sp³-hybridized carbons (Fsp3) is 0.533. The highest BCUT2D eigenvalue weighted by atomic mass is 32.1. The minimum atomic E-state index is -0.272. The second-order valence-corrected chi connectivity index (χ2v) is 6.24. The number of aryl methyl sites for hydroxylation is 1. The van der Waals surface area contributed by atoms with Gasteiger partial charge in [-0.2, -0.15) is 0 Å². The van der Waals surface area contributed by atoms with Gasteiger partial charge in [-0.15, -0.1) is 11.3 Å². The van der Waals surface area contributed by atoms with Crippen molar-refractivity contribution in [3.05, 3.63) is 16.8 Å². The molecule has 1 N–H and O–H groups in total. The fourth-order valence-electron chi connectivity index (χ4n) is 2.74. The third-order valence-electron chi connectivity index (χ3n) is 3.81. The molecule has 2 aromatic heterocycles. The molecular formula is C15H20N4O2S. The average Bonchev–Trinajstić information content (AvgIpc) is 2.71. The lowest BCUT2D eigenvalue weighted by Gasteiger charge is -2.21. The van der Waals surface area contributed by atoms with Gasteiger partial charge in [0.05, 0.1) is 12.0 Å². The van der Waals surface area contributed by atoms with E-state index in [0.29, 0.717) is 11.5 Å². The zero-order chi connectivity index (χ0) is 15.5. The minimum Gasteiger partial charge on any atom is -0.462 e. The summed E-state index contributed by atoms with van der Waals surface area (Å²) < 4.78 is 5.14. The summed E-state index contributed by atoms with van der Waals surface area (Å²) in [4.78, 5) is 24.7. The van der Waals surface area contributed by atoms with Gasteiger partial charge in [-0.1, -0.05) is 0 Å². The van der Waals surface area contributed by atoms with Crippen molar-refractivity contribution >= 4 is 33.3 Å². The molecule has 1 fully saturated rings. The maximum absolute atomic E-state index is 12.1. The number of esters is 1. The normalized spacial score (nSPS) is 15.8. The molecule has 1 aliphatic rings. The molecule has 22 heavy (non-hydrogen) atoms. The predicted molar refractivity (Wildman–Crippen MR) is 87.8 cm³/mol. The largest absolute Gasteiger partial charge is 0.462 e. The number of aromatic nitrogens is 2. The van der Waals surface area contributed by atoms with Crippen LogP contribution in [0, 0.1) is 6.92 Å². The van der Waals surface area contributed by atoms with E-state index in [-0.39, 0.29) is 5.97 Å². The average molecular weight is 320 g/mol. The van der Waals surface area contributed by atoms with Crippen LogP contribution in [-0.2, 0) is 4.74 Å². The summed E-state index contributed by atoms with van der Waals surface area (Å²) in [5.41, 5.74) is 0.922. The highest BCUT2D eigenvalue weighted by Crippen LogP contribution is 2.35. The Morgan fingerprint density at radius 2 is 2.27 bits per heavy atom. The van der Waals surface area contributed by atoms with E-state index >= 15 is 0 Å². The molecule has 0 spiro atoms. The Kier molecular flexibility index (Phi) is 4.54. The third kappa shape index (κ3) is 2.78.